The molecule has 4 unspecified atom stereocenters. The first-order valence-corrected chi connectivity index (χ1v) is 17.7. The number of carbonyl (C=O) groups is 2. The van der Waals surface area contributed by atoms with Crippen LogP contribution in [0.15, 0.2) is 49.1 Å². The molecule has 0 bridgehead atoms. The highest BCUT2D eigenvalue weighted by Crippen LogP contribution is 2.46. The largest absolute Gasteiger partial charge is 0.462 e. The number of hydrogen-bond donors (Lipinski definition) is 1. The van der Waals surface area contributed by atoms with Crippen LogP contribution in [-0.2, 0) is 35.6 Å². The number of piperidine rings is 2. The molecule has 0 amide bonds. The molecule has 4 atom stereocenters. The van der Waals surface area contributed by atoms with Gasteiger partial charge in [-0.15, -0.1) is 0 Å². The number of ether oxygens (including phenoxy) is 2. The van der Waals surface area contributed by atoms with Gasteiger partial charge < -0.3 is 24.4 Å². The number of anilines is 2. The van der Waals surface area contributed by atoms with Gasteiger partial charge in [0.2, 0.25) is 0 Å². The maximum atomic E-state index is 11.8. The third-order valence-corrected chi connectivity index (χ3v) is 10.1. The summed E-state index contributed by atoms with van der Waals surface area (Å²) in [6.07, 6.45) is 9.27. The Labute approximate surface area is 296 Å². The predicted octanol–water partition coefficient (Wildman–Crippen LogP) is 3.48. The highest BCUT2D eigenvalue weighted by molar-refractivity contribution is 5.89. The summed E-state index contributed by atoms with van der Waals surface area (Å²) >= 11 is 0. The van der Waals surface area contributed by atoms with Gasteiger partial charge in [0.15, 0.2) is 0 Å². The molecule has 14 heteroatoms. The Balaban J connectivity index is 0.000000159. The van der Waals surface area contributed by atoms with Crippen molar-refractivity contribution in [2.45, 2.75) is 52.8 Å². The van der Waals surface area contributed by atoms with E-state index >= 15 is 0 Å². The van der Waals surface area contributed by atoms with Gasteiger partial charge in [-0.05, 0) is 73.6 Å². The first-order valence-electron chi connectivity index (χ1n) is 17.7. The van der Waals surface area contributed by atoms with Crippen molar-refractivity contribution in [1.82, 2.24) is 29.5 Å². The molecule has 4 aliphatic rings. The number of aliphatic hydroxyl groups excluding tert-OH is 1. The van der Waals surface area contributed by atoms with Crippen molar-refractivity contribution in [3.05, 3.63) is 82.7 Å². The first kappa shape index (κ1) is 34.2. The molecule has 0 radical (unpaired) electrons. The zero-order chi connectivity index (χ0) is 35.5. The van der Waals surface area contributed by atoms with Crippen molar-refractivity contribution in [3.8, 4) is 6.07 Å². The summed E-state index contributed by atoms with van der Waals surface area (Å²) < 4.78 is 13.3. The van der Waals surface area contributed by atoms with Gasteiger partial charge in [0, 0.05) is 38.6 Å². The van der Waals surface area contributed by atoms with E-state index in [1.165, 1.54) is 25.2 Å². The average molecular weight is 694 g/mol. The second kappa shape index (κ2) is 14.9. The molecule has 266 valence electrons. The lowest BCUT2D eigenvalue weighted by Crippen LogP contribution is -2.23. The number of nitriles is 1. The lowest BCUT2D eigenvalue weighted by Gasteiger charge is -2.20. The molecule has 0 spiro atoms. The SMILES string of the molecule is CCOC(=O)c1cnn(Cc2ccc(N3CC4CC4C3)nc2CC#N)c1.CCOC(=O)c1cnn(Cc2ccc(N3CC4CC4C3)nc2CO)c1. The summed E-state index contributed by atoms with van der Waals surface area (Å²) in [7, 11) is 0. The van der Waals surface area contributed by atoms with E-state index in [9.17, 15) is 14.7 Å². The highest BCUT2D eigenvalue weighted by Gasteiger charge is 2.46. The maximum Gasteiger partial charge on any atom is 0.341 e. The zero-order valence-electron chi connectivity index (χ0n) is 29.0. The molecule has 51 heavy (non-hydrogen) atoms. The molecule has 4 fully saturated rings. The normalized spacial score (nSPS) is 20.9. The first-order chi connectivity index (χ1) is 24.8. The second-order valence-corrected chi connectivity index (χ2v) is 13.7. The number of aliphatic hydroxyl groups is 1. The van der Waals surface area contributed by atoms with Crippen LogP contribution in [0.5, 0.6) is 0 Å². The molecule has 1 N–H and O–H groups in total. The van der Waals surface area contributed by atoms with Gasteiger partial charge in [-0.2, -0.15) is 15.5 Å². The molecule has 6 heterocycles. The van der Waals surface area contributed by atoms with Gasteiger partial charge in [0.05, 0.1) is 80.3 Å². The zero-order valence-corrected chi connectivity index (χ0v) is 29.0. The quantitative estimate of drug-likeness (QED) is 0.215. The minimum absolute atomic E-state index is 0.115. The molecule has 4 aromatic rings. The van der Waals surface area contributed by atoms with Crippen LogP contribution in [0.25, 0.3) is 0 Å². The third kappa shape index (κ3) is 7.88. The van der Waals surface area contributed by atoms with Crippen LogP contribution in [-0.4, -0.2) is 86.0 Å². The molecule has 0 aromatic carbocycles. The van der Waals surface area contributed by atoms with Crippen LogP contribution < -0.4 is 9.80 Å². The van der Waals surface area contributed by atoms with Gasteiger partial charge in [-0.3, -0.25) is 9.36 Å². The number of nitrogens with zero attached hydrogens (tertiary/aromatic N) is 9. The summed E-state index contributed by atoms with van der Waals surface area (Å²) in [5.74, 6) is 4.48. The van der Waals surface area contributed by atoms with Crippen LogP contribution in [0, 0.1) is 35.0 Å². The molecule has 2 aliphatic carbocycles. The molecule has 2 saturated heterocycles. The van der Waals surface area contributed by atoms with Gasteiger partial charge in [0.1, 0.15) is 11.6 Å². The summed E-state index contributed by atoms with van der Waals surface area (Å²) in [4.78, 5) is 37.5. The molecule has 4 aromatic heterocycles. The van der Waals surface area contributed by atoms with Crippen LogP contribution in [0.3, 0.4) is 0 Å². The number of esters is 2. The molecule has 8 rings (SSSR count). The van der Waals surface area contributed by atoms with Crippen molar-refractivity contribution < 1.29 is 24.2 Å². The number of rotatable bonds is 12. The van der Waals surface area contributed by atoms with E-state index in [1.807, 2.05) is 24.3 Å². The summed E-state index contributed by atoms with van der Waals surface area (Å²) in [6, 6.07) is 10.2. The molecular formula is C37H43N9O5. The van der Waals surface area contributed by atoms with Crippen molar-refractivity contribution in [1.29, 1.82) is 5.26 Å². The van der Waals surface area contributed by atoms with E-state index in [1.54, 1.807) is 35.6 Å². The topological polar surface area (TPSA) is 165 Å². The molecule has 2 aliphatic heterocycles. The summed E-state index contributed by atoms with van der Waals surface area (Å²) in [6.45, 7) is 9.31. The fourth-order valence-corrected chi connectivity index (χ4v) is 7.10. The smallest absolute Gasteiger partial charge is 0.341 e. The molecular weight excluding hydrogens is 650 g/mol. The Morgan fingerprint density at radius 2 is 1.22 bits per heavy atom. The van der Waals surface area contributed by atoms with Crippen molar-refractivity contribution in [2.75, 3.05) is 49.2 Å². The van der Waals surface area contributed by atoms with Crippen LogP contribution in [0.4, 0.5) is 11.6 Å². The maximum absolute atomic E-state index is 11.8. The molecule has 2 saturated carbocycles. The van der Waals surface area contributed by atoms with E-state index < -0.39 is 0 Å². The van der Waals surface area contributed by atoms with Crippen LogP contribution >= 0.6 is 0 Å². The van der Waals surface area contributed by atoms with Crippen molar-refractivity contribution >= 4 is 23.6 Å². The predicted molar refractivity (Wildman–Crippen MR) is 186 cm³/mol. The standard InChI is InChI=1S/C19H21N5O2.C18H22N4O3/c1-2-26-19(25)16-8-21-24(12-16)11-13-3-4-18(22-17(13)5-6-20)23-9-14-7-15(14)10-23;1-2-25-18(24)15-6-19-22(10-15)9-12-3-4-17(20-16(12)11-23)21-7-13-5-14(13)8-21/h3-4,8,12,14-15H,2,5,7,9-11H2,1H3;3-4,6,10,13-14,23H,2,5,7-9,11H2,1H3. The lowest BCUT2D eigenvalue weighted by molar-refractivity contribution is 0.0516. The van der Waals surface area contributed by atoms with Crippen LogP contribution in [0.2, 0.25) is 0 Å². The van der Waals surface area contributed by atoms with Crippen LogP contribution in [0.1, 0.15) is 69.9 Å². The monoisotopic (exact) mass is 693 g/mol. The number of pyridine rings is 2. The van der Waals surface area contributed by atoms with Crippen molar-refractivity contribution in [3.63, 3.8) is 0 Å². The lowest BCUT2D eigenvalue weighted by atomic mass is 10.1. The Hall–Kier alpha value is -5.29. The fraction of sp³-hybridized carbons (Fsp3) is 0.486. The fourth-order valence-electron chi connectivity index (χ4n) is 7.10. The average Bonchev–Trinajstić information content (AvgIpc) is 3.67. The van der Waals surface area contributed by atoms with Gasteiger partial charge in [0.25, 0.3) is 0 Å². The number of aromatic nitrogens is 6. The van der Waals surface area contributed by atoms with Gasteiger partial charge in [-0.1, -0.05) is 12.1 Å². The summed E-state index contributed by atoms with van der Waals surface area (Å²) in [5.41, 5.74) is 4.13. The second-order valence-electron chi connectivity index (χ2n) is 13.7. The van der Waals surface area contributed by atoms with Gasteiger partial charge in [-0.25, -0.2) is 19.6 Å². The number of carbonyl (C=O) groups excluding carboxylic acids is 2. The van der Waals surface area contributed by atoms with E-state index in [4.69, 9.17) is 19.7 Å². The number of hydrogen-bond acceptors (Lipinski definition) is 12. The minimum Gasteiger partial charge on any atom is -0.462 e. The van der Waals surface area contributed by atoms with E-state index in [2.05, 4.69) is 31.1 Å². The minimum atomic E-state index is -0.378. The Morgan fingerprint density at radius 1 is 0.765 bits per heavy atom. The van der Waals surface area contributed by atoms with E-state index in [-0.39, 0.29) is 25.0 Å². The van der Waals surface area contributed by atoms with Crippen molar-refractivity contribution in [2.24, 2.45) is 23.7 Å². The Kier molecular flexibility index (Phi) is 9.99. The molecule has 14 nitrogen and oxygen atoms in total. The number of fused-ring (bicyclic) bond motifs is 2. The van der Waals surface area contributed by atoms with E-state index in [0.29, 0.717) is 43.1 Å². The summed E-state index contributed by atoms with van der Waals surface area (Å²) in [5, 5.41) is 27.3. The van der Waals surface area contributed by atoms with Gasteiger partial charge >= 0.3 is 11.9 Å². The third-order valence-electron chi connectivity index (χ3n) is 10.1. The highest BCUT2D eigenvalue weighted by atomic mass is 16.5. The Bertz CT molecular complexity index is 1910. The van der Waals surface area contributed by atoms with E-state index in [0.717, 1.165) is 78.3 Å². The Morgan fingerprint density at radius 3 is 1.65 bits per heavy atom.